The molecule has 6 nitrogen and oxygen atoms in total. The molecule has 7 heteroatoms. The molecule has 94 valence electrons. The van der Waals surface area contributed by atoms with Crippen molar-refractivity contribution in [2.45, 2.75) is 31.6 Å². The van der Waals surface area contributed by atoms with Crippen LogP contribution >= 0.6 is 11.8 Å². The Morgan fingerprint density at radius 1 is 1.47 bits per heavy atom. The predicted octanol–water partition coefficient (Wildman–Crippen LogP) is -0.0908. The molecular formula is C10H13NO5S. The van der Waals surface area contributed by atoms with E-state index in [1.54, 1.807) is 0 Å². The second-order valence-corrected chi connectivity index (χ2v) is 5.33. The Hall–Kier alpha value is -1.37. The molecule has 1 heterocycles. The average Bonchev–Trinajstić information content (AvgIpc) is 2.58. The third-order valence-electron chi connectivity index (χ3n) is 2.40. The minimum absolute atomic E-state index is 0.154. The molecule has 2 atom stereocenters. The second-order valence-electron chi connectivity index (χ2n) is 3.81. The highest BCUT2D eigenvalue weighted by molar-refractivity contribution is 8.14. The van der Waals surface area contributed by atoms with Crippen molar-refractivity contribution in [1.29, 1.82) is 0 Å². The van der Waals surface area contributed by atoms with Gasteiger partial charge in [-0.15, -0.1) is 0 Å². The highest BCUT2D eigenvalue weighted by Crippen LogP contribution is 2.21. The molecule has 1 saturated heterocycles. The monoisotopic (exact) mass is 259 g/mol. The van der Waals surface area contributed by atoms with E-state index in [1.807, 2.05) is 0 Å². The van der Waals surface area contributed by atoms with Crippen LogP contribution in [0.1, 0.15) is 20.3 Å². The molecule has 1 amide bonds. The number of hydrogen-bond donors (Lipinski definition) is 1. The van der Waals surface area contributed by atoms with Gasteiger partial charge in [0.1, 0.15) is 6.04 Å². The number of rotatable bonds is 3. The highest BCUT2D eigenvalue weighted by atomic mass is 32.2. The number of ketones is 1. The summed E-state index contributed by atoms with van der Waals surface area (Å²) < 4.78 is 0. The summed E-state index contributed by atoms with van der Waals surface area (Å²) in [5.41, 5.74) is 0. The summed E-state index contributed by atoms with van der Waals surface area (Å²) in [6, 6.07) is -1.09. The zero-order valence-electron chi connectivity index (χ0n) is 9.50. The Bertz CT molecular complexity index is 381. The van der Waals surface area contributed by atoms with Crippen molar-refractivity contribution in [2.75, 3.05) is 6.54 Å². The van der Waals surface area contributed by atoms with Crippen molar-refractivity contribution < 1.29 is 24.3 Å². The zero-order chi connectivity index (χ0) is 13.2. The number of Topliss-reactive ketones (excluding diaryl/α,β-unsaturated/α-hetero) is 1. The number of carbonyl (C=O) groups excluding carboxylic acids is 3. The first-order valence-corrected chi connectivity index (χ1v) is 5.93. The predicted molar refractivity (Wildman–Crippen MR) is 60.5 cm³/mol. The Morgan fingerprint density at radius 3 is 2.53 bits per heavy atom. The van der Waals surface area contributed by atoms with Gasteiger partial charge in [0.15, 0.2) is 10.9 Å². The Balaban J connectivity index is 2.76. The van der Waals surface area contributed by atoms with Gasteiger partial charge in [-0.25, -0.2) is 4.79 Å². The SMILES string of the molecule is CC(=O)SC(C)C(=O)N1CC(=O)C[C@H]1C(=O)O. The Morgan fingerprint density at radius 2 is 2.06 bits per heavy atom. The number of amides is 1. The quantitative estimate of drug-likeness (QED) is 0.761. The van der Waals surface area contributed by atoms with Gasteiger partial charge in [0.25, 0.3) is 0 Å². The van der Waals surface area contributed by atoms with Gasteiger partial charge in [-0.1, -0.05) is 11.8 Å². The van der Waals surface area contributed by atoms with Gasteiger partial charge in [0.05, 0.1) is 11.8 Å². The minimum atomic E-state index is -1.19. The van der Waals surface area contributed by atoms with Crippen LogP contribution in [0.25, 0.3) is 0 Å². The topological polar surface area (TPSA) is 91.8 Å². The summed E-state index contributed by atoms with van der Waals surface area (Å²) in [7, 11) is 0. The maximum absolute atomic E-state index is 11.9. The maximum Gasteiger partial charge on any atom is 0.326 e. The molecule has 0 radical (unpaired) electrons. The number of likely N-dealkylation sites (tertiary alicyclic amines) is 1. The van der Waals surface area contributed by atoms with Crippen molar-refractivity contribution in [3.8, 4) is 0 Å². The highest BCUT2D eigenvalue weighted by Gasteiger charge is 2.40. The van der Waals surface area contributed by atoms with Gasteiger partial charge in [0, 0.05) is 13.3 Å². The first-order valence-electron chi connectivity index (χ1n) is 5.05. The van der Waals surface area contributed by atoms with E-state index in [4.69, 9.17) is 5.11 Å². The molecule has 1 fully saturated rings. The fraction of sp³-hybridized carbons (Fsp3) is 0.600. The van der Waals surface area contributed by atoms with E-state index in [1.165, 1.54) is 13.8 Å². The minimum Gasteiger partial charge on any atom is -0.480 e. The van der Waals surface area contributed by atoms with Gasteiger partial charge in [-0.3, -0.25) is 14.4 Å². The Labute approximate surface area is 102 Å². The summed E-state index contributed by atoms with van der Waals surface area (Å²) in [5.74, 6) is -1.95. The van der Waals surface area contributed by atoms with E-state index in [0.29, 0.717) is 0 Å². The lowest BCUT2D eigenvalue weighted by Crippen LogP contribution is -2.44. The summed E-state index contributed by atoms with van der Waals surface area (Å²) >= 11 is 0.830. The van der Waals surface area contributed by atoms with E-state index in [-0.39, 0.29) is 23.9 Å². The van der Waals surface area contributed by atoms with Crippen LogP contribution in [0.3, 0.4) is 0 Å². The number of carbonyl (C=O) groups is 4. The normalized spacial score (nSPS) is 21.4. The standard InChI is InChI=1S/C10H13NO5S/c1-5(17-6(2)12)9(14)11-4-7(13)3-8(11)10(15)16/h5,8H,3-4H2,1-2H3,(H,15,16)/t5?,8-/m0/s1. The van der Waals surface area contributed by atoms with Gasteiger partial charge in [-0.2, -0.15) is 0 Å². The fourth-order valence-corrected chi connectivity index (χ4v) is 2.41. The van der Waals surface area contributed by atoms with Crippen LogP contribution in [0.5, 0.6) is 0 Å². The molecule has 0 aromatic carbocycles. The lowest BCUT2D eigenvalue weighted by atomic mass is 10.2. The van der Waals surface area contributed by atoms with E-state index >= 15 is 0 Å². The van der Waals surface area contributed by atoms with Crippen LogP contribution in [0.15, 0.2) is 0 Å². The van der Waals surface area contributed by atoms with Crippen LogP contribution in [0, 0.1) is 0 Å². The molecule has 1 aliphatic rings. The van der Waals surface area contributed by atoms with Crippen molar-refractivity contribution in [1.82, 2.24) is 4.90 Å². The Kier molecular flexibility index (Phi) is 4.28. The molecule has 1 N–H and O–H groups in total. The largest absolute Gasteiger partial charge is 0.480 e. The van der Waals surface area contributed by atoms with Crippen LogP contribution in [0.4, 0.5) is 0 Å². The molecular weight excluding hydrogens is 246 g/mol. The molecule has 1 aliphatic heterocycles. The van der Waals surface area contributed by atoms with Crippen LogP contribution < -0.4 is 0 Å². The van der Waals surface area contributed by atoms with E-state index in [2.05, 4.69) is 0 Å². The lowest BCUT2D eigenvalue weighted by Gasteiger charge is -2.23. The molecule has 0 aromatic heterocycles. The summed E-state index contributed by atoms with van der Waals surface area (Å²) in [5, 5.41) is 8.01. The fourth-order valence-electron chi connectivity index (χ4n) is 1.68. The zero-order valence-corrected chi connectivity index (χ0v) is 10.3. The third-order valence-corrected chi connectivity index (χ3v) is 3.29. The lowest BCUT2D eigenvalue weighted by molar-refractivity contribution is -0.147. The van der Waals surface area contributed by atoms with E-state index < -0.39 is 23.2 Å². The van der Waals surface area contributed by atoms with E-state index in [9.17, 15) is 19.2 Å². The van der Waals surface area contributed by atoms with Crippen molar-refractivity contribution in [3.63, 3.8) is 0 Å². The molecule has 0 spiro atoms. The average molecular weight is 259 g/mol. The van der Waals surface area contributed by atoms with Crippen molar-refractivity contribution >= 4 is 34.5 Å². The van der Waals surface area contributed by atoms with Gasteiger partial charge in [-0.05, 0) is 6.92 Å². The first kappa shape index (κ1) is 13.7. The number of carboxylic acids is 1. The number of thioether (sulfide) groups is 1. The van der Waals surface area contributed by atoms with Crippen LogP contribution in [-0.4, -0.2) is 50.6 Å². The van der Waals surface area contributed by atoms with Gasteiger partial charge in [0.2, 0.25) is 5.91 Å². The molecule has 1 rings (SSSR count). The van der Waals surface area contributed by atoms with Gasteiger partial charge >= 0.3 is 5.97 Å². The molecule has 0 aliphatic carbocycles. The summed E-state index contributed by atoms with van der Waals surface area (Å²) in [6.45, 7) is 2.67. The molecule has 0 bridgehead atoms. The molecule has 1 unspecified atom stereocenters. The van der Waals surface area contributed by atoms with Crippen molar-refractivity contribution in [3.05, 3.63) is 0 Å². The van der Waals surface area contributed by atoms with E-state index in [0.717, 1.165) is 16.7 Å². The first-order chi connectivity index (χ1) is 7.82. The summed E-state index contributed by atoms with van der Waals surface area (Å²) in [4.78, 5) is 45.8. The van der Waals surface area contributed by atoms with Crippen LogP contribution in [0.2, 0.25) is 0 Å². The van der Waals surface area contributed by atoms with Crippen LogP contribution in [-0.2, 0) is 19.2 Å². The smallest absolute Gasteiger partial charge is 0.326 e. The summed E-state index contributed by atoms with van der Waals surface area (Å²) in [6.07, 6.45) is -0.154. The number of hydrogen-bond acceptors (Lipinski definition) is 5. The number of carboxylic acid groups (broad SMARTS) is 1. The van der Waals surface area contributed by atoms with Gasteiger partial charge < -0.3 is 10.0 Å². The molecule has 0 saturated carbocycles. The third kappa shape index (κ3) is 3.29. The molecule has 17 heavy (non-hydrogen) atoms. The maximum atomic E-state index is 11.9. The number of aliphatic carboxylic acids is 1. The second kappa shape index (κ2) is 5.31. The number of nitrogens with zero attached hydrogens (tertiary/aromatic N) is 1. The van der Waals surface area contributed by atoms with Crippen molar-refractivity contribution in [2.24, 2.45) is 0 Å². The molecule has 0 aromatic rings.